The molecule has 0 unspecified atom stereocenters. The monoisotopic (exact) mass is 324 g/mol. The van der Waals surface area contributed by atoms with Crippen molar-refractivity contribution in [1.29, 1.82) is 0 Å². The largest absolute Gasteiger partial charge is 0.349 e. The van der Waals surface area contributed by atoms with E-state index in [2.05, 4.69) is 21.3 Å². The lowest BCUT2D eigenvalue weighted by Crippen LogP contribution is -2.44. The van der Waals surface area contributed by atoms with E-state index < -0.39 is 0 Å². The number of nitrogens with two attached hydrogens (primary N) is 1. The predicted octanol–water partition coefficient (Wildman–Crippen LogP) is 1.93. The lowest BCUT2D eigenvalue weighted by molar-refractivity contribution is 0.0908. The Hall–Kier alpha value is -2.24. The molecule has 0 saturated carbocycles. The molecule has 0 spiro atoms. The number of carbonyl (C=O) groups is 1. The van der Waals surface area contributed by atoms with Crippen molar-refractivity contribution in [2.75, 3.05) is 13.1 Å². The maximum atomic E-state index is 12.3. The van der Waals surface area contributed by atoms with Gasteiger partial charge in [-0.2, -0.15) is 0 Å². The smallest absolute Gasteiger partial charge is 0.251 e. The van der Waals surface area contributed by atoms with Crippen molar-refractivity contribution in [3.8, 4) is 0 Å². The van der Waals surface area contributed by atoms with E-state index in [1.165, 1.54) is 0 Å². The van der Waals surface area contributed by atoms with E-state index in [4.69, 9.17) is 5.73 Å². The zero-order valence-electron chi connectivity index (χ0n) is 13.8. The number of pyridine rings is 1. The highest BCUT2D eigenvalue weighted by atomic mass is 16.1. The summed E-state index contributed by atoms with van der Waals surface area (Å²) in [5, 5.41) is 3.14. The molecule has 2 heterocycles. The molecule has 0 radical (unpaired) electrons. The fraction of sp³-hybridized carbons (Fsp3) is 0.368. The maximum Gasteiger partial charge on any atom is 0.251 e. The van der Waals surface area contributed by atoms with Crippen LogP contribution in [0.3, 0.4) is 0 Å². The second-order valence-corrected chi connectivity index (χ2v) is 6.25. The van der Waals surface area contributed by atoms with Gasteiger partial charge in [0.25, 0.3) is 5.91 Å². The molecule has 24 heavy (non-hydrogen) atoms. The quantitative estimate of drug-likeness (QED) is 0.882. The van der Waals surface area contributed by atoms with Crippen molar-refractivity contribution in [1.82, 2.24) is 15.2 Å². The summed E-state index contributed by atoms with van der Waals surface area (Å²) in [5.41, 5.74) is 8.41. The molecule has 5 nitrogen and oxygen atoms in total. The van der Waals surface area contributed by atoms with Crippen molar-refractivity contribution in [3.05, 3.63) is 65.5 Å². The Morgan fingerprint density at radius 1 is 1.17 bits per heavy atom. The first-order chi connectivity index (χ1) is 11.7. The van der Waals surface area contributed by atoms with Gasteiger partial charge < -0.3 is 11.1 Å². The Balaban J connectivity index is 1.47. The second-order valence-electron chi connectivity index (χ2n) is 6.25. The van der Waals surface area contributed by atoms with Crippen LogP contribution in [0.1, 0.15) is 34.5 Å². The van der Waals surface area contributed by atoms with E-state index in [1.807, 2.05) is 42.6 Å². The standard InChI is InChI=1S/C19H24N4O/c20-13-15-4-6-16(7-5-15)19(24)22-17-8-11-23(12-9-17)14-18-3-1-2-10-21-18/h1-7,10,17H,8-9,11-14,20H2,(H,22,24). The number of amides is 1. The summed E-state index contributed by atoms with van der Waals surface area (Å²) in [6.45, 7) is 3.33. The number of carbonyl (C=O) groups excluding carboxylic acids is 1. The average molecular weight is 324 g/mol. The van der Waals surface area contributed by atoms with Gasteiger partial charge in [-0.05, 0) is 42.7 Å². The zero-order valence-corrected chi connectivity index (χ0v) is 13.8. The third kappa shape index (κ3) is 4.40. The van der Waals surface area contributed by atoms with Crippen molar-refractivity contribution in [2.24, 2.45) is 5.73 Å². The Bertz CT molecular complexity index is 649. The summed E-state index contributed by atoms with van der Waals surface area (Å²) in [5.74, 6) is 0.00162. The van der Waals surface area contributed by atoms with E-state index in [0.29, 0.717) is 12.1 Å². The fourth-order valence-electron chi connectivity index (χ4n) is 3.02. The average Bonchev–Trinajstić information content (AvgIpc) is 2.64. The van der Waals surface area contributed by atoms with Crippen LogP contribution >= 0.6 is 0 Å². The molecule has 3 N–H and O–H groups in total. The van der Waals surface area contributed by atoms with Gasteiger partial charge in [0.1, 0.15) is 0 Å². The van der Waals surface area contributed by atoms with Gasteiger partial charge in [0.05, 0.1) is 5.69 Å². The van der Waals surface area contributed by atoms with Crippen molar-refractivity contribution in [2.45, 2.75) is 32.0 Å². The van der Waals surface area contributed by atoms with Gasteiger partial charge in [0.2, 0.25) is 0 Å². The lowest BCUT2D eigenvalue weighted by Gasteiger charge is -2.32. The maximum absolute atomic E-state index is 12.3. The summed E-state index contributed by atoms with van der Waals surface area (Å²) < 4.78 is 0. The third-order valence-electron chi connectivity index (χ3n) is 4.49. The predicted molar refractivity (Wildman–Crippen MR) is 94.3 cm³/mol. The molecule has 0 atom stereocenters. The van der Waals surface area contributed by atoms with Crippen LogP contribution < -0.4 is 11.1 Å². The summed E-state index contributed by atoms with van der Waals surface area (Å²) in [7, 11) is 0. The van der Waals surface area contributed by atoms with Crippen LogP contribution in [-0.2, 0) is 13.1 Å². The van der Waals surface area contributed by atoms with Gasteiger partial charge in [-0.15, -0.1) is 0 Å². The number of likely N-dealkylation sites (tertiary alicyclic amines) is 1. The molecule has 5 heteroatoms. The molecule has 2 aromatic rings. The summed E-state index contributed by atoms with van der Waals surface area (Å²) >= 11 is 0. The molecule has 1 amide bonds. The number of piperidine rings is 1. The topological polar surface area (TPSA) is 71.2 Å². The lowest BCUT2D eigenvalue weighted by atomic mass is 10.0. The Labute approximate surface area is 142 Å². The normalized spacial score (nSPS) is 16.0. The van der Waals surface area contributed by atoms with Gasteiger partial charge in [0.15, 0.2) is 0 Å². The molecule has 3 rings (SSSR count). The van der Waals surface area contributed by atoms with Gasteiger partial charge in [-0.3, -0.25) is 14.7 Å². The van der Waals surface area contributed by atoms with Gasteiger partial charge in [0, 0.05) is 44.0 Å². The number of hydrogen-bond donors (Lipinski definition) is 2. The first kappa shape index (κ1) is 16.6. The molecule has 1 aromatic carbocycles. The van der Waals surface area contributed by atoms with Gasteiger partial charge >= 0.3 is 0 Å². The number of hydrogen-bond acceptors (Lipinski definition) is 4. The molecular formula is C19H24N4O. The van der Waals surface area contributed by atoms with Crippen LogP contribution in [0, 0.1) is 0 Å². The number of rotatable bonds is 5. The highest BCUT2D eigenvalue weighted by Crippen LogP contribution is 2.14. The third-order valence-corrected chi connectivity index (χ3v) is 4.49. The van der Waals surface area contributed by atoms with Crippen LogP contribution in [-0.4, -0.2) is 34.9 Å². The van der Waals surface area contributed by atoms with E-state index >= 15 is 0 Å². The molecule has 1 fully saturated rings. The Kier molecular flexibility index (Phi) is 5.56. The minimum Gasteiger partial charge on any atom is -0.349 e. The Morgan fingerprint density at radius 2 is 1.92 bits per heavy atom. The first-order valence-corrected chi connectivity index (χ1v) is 8.47. The highest BCUT2D eigenvalue weighted by Gasteiger charge is 2.21. The molecular weight excluding hydrogens is 300 g/mol. The number of nitrogens with zero attached hydrogens (tertiary/aromatic N) is 2. The summed E-state index contributed by atoms with van der Waals surface area (Å²) in [6, 6.07) is 13.7. The van der Waals surface area contributed by atoms with E-state index in [0.717, 1.165) is 43.7 Å². The summed E-state index contributed by atoms with van der Waals surface area (Å²) in [6.07, 6.45) is 3.77. The minimum absolute atomic E-state index is 0.00162. The van der Waals surface area contributed by atoms with Crippen molar-refractivity contribution in [3.63, 3.8) is 0 Å². The first-order valence-electron chi connectivity index (χ1n) is 8.47. The Morgan fingerprint density at radius 3 is 2.54 bits per heavy atom. The van der Waals surface area contributed by atoms with Crippen LogP contribution in [0.4, 0.5) is 0 Å². The van der Waals surface area contributed by atoms with Crippen molar-refractivity contribution < 1.29 is 4.79 Å². The molecule has 1 aliphatic rings. The molecule has 1 saturated heterocycles. The van der Waals surface area contributed by atoms with Crippen molar-refractivity contribution >= 4 is 5.91 Å². The molecule has 1 aromatic heterocycles. The van der Waals surface area contributed by atoms with Crippen LogP contribution in [0.25, 0.3) is 0 Å². The van der Waals surface area contributed by atoms with E-state index in [1.54, 1.807) is 0 Å². The van der Waals surface area contributed by atoms with Gasteiger partial charge in [-0.25, -0.2) is 0 Å². The SMILES string of the molecule is NCc1ccc(C(=O)NC2CCN(Cc3ccccn3)CC2)cc1. The van der Waals surface area contributed by atoms with E-state index in [-0.39, 0.29) is 11.9 Å². The highest BCUT2D eigenvalue weighted by molar-refractivity contribution is 5.94. The second kappa shape index (κ2) is 8.04. The molecule has 1 aliphatic heterocycles. The van der Waals surface area contributed by atoms with Crippen LogP contribution in [0.5, 0.6) is 0 Å². The minimum atomic E-state index is 0.00162. The van der Waals surface area contributed by atoms with E-state index in [9.17, 15) is 4.79 Å². The summed E-state index contributed by atoms with van der Waals surface area (Å²) in [4.78, 5) is 19.1. The molecule has 0 bridgehead atoms. The van der Waals surface area contributed by atoms with Crippen LogP contribution in [0.15, 0.2) is 48.7 Å². The zero-order chi connectivity index (χ0) is 16.8. The van der Waals surface area contributed by atoms with Crippen LogP contribution in [0.2, 0.25) is 0 Å². The number of nitrogens with one attached hydrogen (secondary N) is 1. The fourth-order valence-corrected chi connectivity index (χ4v) is 3.02. The van der Waals surface area contributed by atoms with Gasteiger partial charge in [-0.1, -0.05) is 18.2 Å². The number of aromatic nitrogens is 1. The molecule has 0 aliphatic carbocycles. The molecule has 126 valence electrons. The number of benzene rings is 1.